The van der Waals surface area contributed by atoms with Crippen molar-refractivity contribution in [1.82, 2.24) is 9.78 Å². The topological polar surface area (TPSA) is 59.0 Å². The summed E-state index contributed by atoms with van der Waals surface area (Å²) in [5.41, 5.74) is 3.78. The summed E-state index contributed by atoms with van der Waals surface area (Å²) in [7, 11) is 1.87. The monoisotopic (exact) mass is 272 g/mol. The number of para-hydroxylation sites is 1. The molecule has 5 heteroatoms. The van der Waals surface area contributed by atoms with Crippen LogP contribution in [0.4, 0.5) is 11.4 Å². The standard InChI is InChI=1S/C15H20N4O/c1-4-12-14(10-19(3)18-12)16-9-15(20)17-13-8-6-5-7-11(13)2/h5-8,10,16H,4,9H2,1-3H3,(H,17,20). The van der Waals surface area contributed by atoms with Gasteiger partial charge >= 0.3 is 0 Å². The Morgan fingerprint density at radius 3 is 2.75 bits per heavy atom. The number of hydrogen-bond donors (Lipinski definition) is 2. The maximum atomic E-state index is 11.9. The lowest BCUT2D eigenvalue weighted by Gasteiger charge is -2.09. The third kappa shape index (κ3) is 3.38. The molecule has 0 radical (unpaired) electrons. The number of carbonyl (C=O) groups is 1. The van der Waals surface area contributed by atoms with Crippen LogP contribution in [-0.4, -0.2) is 22.2 Å². The molecule has 0 aliphatic carbocycles. The van der Waals surface area contributed by atoms with Gasteiger partial charge in [-0.2, -0.15) is 5.10 Å². The van der Waals surface area contributed by atoms with Crippen LogP contribution in [0, 0.1) is 6.92 Å². The van der Waals surface area contributed by atoms with Gasteiger partial charge in [0.15, 0.2) is 0 Å². The normalized spacial score (nSPS) is 10.3. The van der Waals surface area contributed by atoms with E-state index in [9.17, 15) is 4.79 Å². The molecule has 2 aromatic rings. The molecule has 0 aliphatic rings. The first kappa shape index (κ1) is 14.1. The summed E-state index contributed by atoms with van der Waals surface area (Å²) in [6.45, 7) is 4.24. The van der Waals surface area contributed by atoms with Crippen molar-refractivity contribution in [2.45, 2.75) is 20.3 Å². The minimum absolute atomic E-state index is 0.0646. The van der Waals surface area contributed by atoms with E-state index in [4.69, 9.17) is 0 Å². The van der Waals surface area contributed by atoms with Gasteiger partial charge in [0.05, 0.1) is 17.9 Å². The number of aromatic nitrogens is 2. The zero-order chi connectivity index (χ0) is 14.5. The molecule has 1 heterocycles. The number of anilines is 2. The number of nitrogens with zero attached hydrogens (tertiary/aromatic N) is 2. The molecular weight excluding hydrogens is 252 g/mol. The molecule has 0 atom stereocenters. The molecule has 1 aromatic carbocycles. The number of hydrogen-bond acceptors (Lipinski definition) is 3. The van der Waals surface area contributed by atoms with Crippen LogP contribution in [0.5, 0.6) is 0 Å². The predicted molar refractivity (Wildman–Crippen MR) is 80.9 cm³/mol. The van der Waals surface area contributed by atoms with Gasteiger partial charge in [-0.25, -0.2) is 0 Å². The van der Waals surface area contributed by atoms with E-state index in [1.165, 1.54) is 0 Å². The third-order valence-corrected chi connectivity index (χ3v) is 3.10. The number of amides is 1. The summed E-state index contributed by atoms with van der Waals surface area (Å²) in [4.78, 5) is 11.9. The molecule has 0 unspecified atom stereocenters. The molecule has 20 heavy (non-hydrogen) atoms. The van der Waals surface area contributed by atoms with Crippen LogP contribution < -0.4 is 10.6 Å². The van der Waals surface area contributed by atoms with Gasteiger partial charge in [-0.1, -0.05) is 25.1 Å². The average Bonchev–Trinajstić information content (AvgIpc) is 2.79. The molecule has 0 fully saturated rings. The maximum absolute atomic E-state index is 11.9. The second-order valence-corrected chi connectivity index (χ2v) is 4.73. The smallest absolute Gasteiger partial charge is 0.243 e. The molecule has 106 valence electrons. The first-order chi connectivity index (χ1) is 9.60. The highest BCUT2D eigenvalue weighted by molar-refractivity contribution is 5.94. The van der Waals surface area contributed by atoms with Crippen molar-refractivity contribution in [2.75, 3.05) is 17.2 Å². The summed E-state index contributed by atoms with van der Waals surface area (Å²) in [6, 6.07) is 7.73. The van der Waals surface area contributed by atoms with Crippen LogP contribution in [-0.2, 0) is 18.3 Å². The van der Waals surface area contributed by atoms with Crippen LogP contribution in [0.1, 0.15) is 18.2 Å². The minimum atomic E-state index is -0.0646. The van der Waals surface area contributed by atoms with Crippen molar-refractivity contribution >= 4 is 17.3 Å². The summed E-state index contributed by atoms with van der Waals surface area (Å²) in [5, 5.41) is 10.4. The molecule has 1 aromatic heterocycles. The molecule has 2 N–H and O–H groups in total. The summed E-state index contributed by atoms with van der Waals surface area (Å²) in [5.74, 6) is -0.0646. The van der Waals surface area contributed by atoms with E-state index in [2.05, 4.69) is 15.7 Å². The molecule has 2 rings (SSSR count). The maximum Gasteiger partial charge on any atom is 0.243 e. The molecule has 0 saturated carbocycles. The number of carbonyl (C=O) groups excluding carboxylic acids is 1. The Labute approximate surface area is 119 Å². The van der Waals surface area contributed by atoms with Gasteiger partial charge in [-0.3, -0.25) is 9.48 Å². The Morgan fingerprint density at radius 1 is 1.30 bits per heavy atom. The van der Waals surface area contributed by atoms with E-state index in [0.29, 0.717) is 0 Å². The van der Waals surface area contributed by atoms with Crippen molar-refractivity contribution < 1.29 is 4.79 Å². The molecule has 0 saturated heterocycles. The lowest BCUT2D eigenvalue weighted by molar-refractivity contribution is -0.114. The van der Waals surface area contributed by atoms with Crippen molar-refractivity contribution in [3.63, 3.8) is 0 Å². The van der Waals surface area contributed by atoms with Crippen LogP contribution in [0.3, 0.4) is 0 Å². The zero-order valence-corrected chi connectivity index (χ0v) is 12.1. The third-order valence-electron chi connectivity index (χ3n) is 3.10. The van der Waals surface area contributed by atoms with E-state index in [0.717, 1.165) is 29.1 Å². The van der Waals surface area contributed by atoms with Crippen molar-refractivity contribution in [1.29, 1.82) is 0 Å². The molecule has 0 aliphatic heterocycles. The van der Waals surface area contributed by atoms with E-state index in [-0.39, 0.29) is 12.5 Å². The van der Waals surface area contributed by atoms with Gasteiger partial charge in [0, 0.05) is 18.9 Å². The van der Waals surface area contributed by atoms with Gasteiger partial charge in [-0.15, -0.1) is 0 Å². The fourth-order valence-corrected chi connectivity index (χ4v) is 2.03. The van der Waals surface area contributed by atoms with Crippen LogP contribution in [0.15, 0.2) is 30.5 Å². The van der Waals surface area contributed by atoms with Crippen LogP contribution in [0.2, 0.25) is 0 Å². The fourth-order valence-electron chi connectivity index (χ4n) is 2.03. The Hall–Kier alpha value is -2.30. The van der Waals surface area contributed by atoms with Crippen LogP contribution in [0.25, 0.3) is 0 Å². The Morgan fingerprint density at radius 2 is 2.05 bits per heavy atom. The lowest BCUT2D eigenvalue weighted by Crippen LogP contribution is -2.22. The number of rotatable bonds is 5. The summed E-state index contributed by atoms with van der Waals surface area (Å²) < 4.78 is 1.75. The molecule has 0 bridgehead atoms. The van der Waals surface area contributed by atoms with Gasteiger partial charge in [0.2, 0.25) is 5.91 Å². The van der Waals surface area contributed by atoms with Crippen molar-refractivity contribution in [3.05, 3.63) is 41.7 Å². The van der Waals surface area contributed by atoms with Gasteiger partial charge < -0.3 is 10.6 Å². The fraction of sp³-hybridized carbons (Fsp3) is 0.333. The lowest BCUT2D eigenvalue weighted by atomic mass is 10.2. The van der Waals surface area contributed by atoms with Gasteiger partial charge in [0.1, 0.15) is 0 Å². The highest BCUT2D eigenvalue weighted by atomic mass is 16.1. The molecular formula is C15H20N4O. The highest BCUT2D eigenvalue weighted by Gasteiger charge is 2.08. The largest absolute Gasteiger partial charge is 0.373 e. The number of aryl methyl sites for hydroxylation is 3. The van der Waals surface area contributed by atoms with E-state index >= 15 is 0 Å². The second-order valence-electron chi connectivity index (χ2n) is 4.73. The van der Waals surface area contributed by atoms with E-state index < -0.39 is 0 Å². The molecule has 0 spiro atoms. The van der Waals surface area contributed by atoms with Gasteiger partial charge in [-0.05, 0) is 25.0 Å². The Bertz CT molecular complexity index is 604. The van der Waals surface area contributed by atoms with Gasteiger partial charge in [0.25, 0.3) is 0 Å². The van der Waals surface area contributed by atoms with Crippen LogP contribution >= 0.6 is 0 Å². The molecule has 1 amide bonds. The average molecular weight is 272 g/mol. The summed E-state index contributed by atoms with van der Waals surface area (Å²) >= 11 is 0. The van der Waals surface area contributed by atoms with Crippen molar-refractivity contribution in [2.24, 2.45) is 7.05 Å². The quantitative estimate of drug-likeness (QED) is 0.878. The Balaban J connectivity index is 1.94. The zero-order valence-electron chi connectivity index (χ0n) is 12.1. The number of nitrogens with one attached hydrogen (secondary N) is 2. The second kappa shape index (κ2) is 6.23. The first-order valence-corrected chi connectivity index (χ1v) is 6.72. The highest BCUT2D eigenvalue weighted by Crippen LogP contribution is 2.15. The Kier molecular flexibility index (Phi) is 4.40. The predicted octanol–water partition coefficient (Wildman–Crippen LogP) is 2.34. The minimum Gasteiger partial charge on any atom is -0.373 e. The van der Waals surface area contributed by atoms with E-state index in [1.807, 2.05) is 51.4 Å². The first-order valence-electron chi connectivity index (χ1n) is 6.72. The van der Waals surface area contributed by atoms with Crippen molar-refractivity contribution in [3.8, 4) is 0 Å². The SMILES string of the molecule is CCc1nn(C)cc1NCC(=O)Nc1ccccc1C. The van der Waals surface area contributed by atoms with E-state index in [1.54, 1.807) is 4.68 Å². The number of benzene rings is 1. The summed E-state index contributed by atoms with van der Waals surface area (Å²) in [6.07, 6.45) is 2.72. The molecule has 5 nitrogen and oxygen atoms in total.